The molecule has 2 heterocycles. The maximum atomic E-state index is 13.9. The average molecular weight is 498 g/mol. The van der Waals surface area contributed by atoms with Crippen LogP contribution in [0.5, 0.6) is 17.2 Å². The van der Waals surface area contributed by atoms with E-state index >= 15 is 0 Å². The maximum Gasteiger partial charge on any atom is 0.150 e. The zero-order chi connectivity index (χ0) is 24.5. The summed E-state index contributed by atoms with van der Waals surface area (Å²) in [5.41, 5.74) is 4.34. The largest absolute Gasteiger partial charge is 0.508 e. The molecule has 182 valence electrons. The molecule has 1 fully saturated rings. The highest BCUT2D eigenvalue weighted by atomic mass is 35.5. The molecule has 5 rings (SSSR count). The molecule has 0 saturated carbocycles. The first kappa shape index (κ1) is 23.6. The number of nitrogens with zero attached hydrogens (tertiary/aromatic N) is 1. The van der Waals surface area contributed by atoms with Gasteiger partial charge in [-0.3, -0.25) is 9.29 Å². The number of aromatic hydroxyl groups is 1. The third-order valence-corrected chi connectivity index (χ3v) is 6.91. The number of halogens is 3. The summed E-state index contributed by atoms with van der Waals surface area (Å²) in [7, 11) is 0. The highest BCUT2D eigenvalue weighted by Gasteiger charge is 2.30. The number of fused-ring (bicyclic) bond motifs is 1. The molecule has 3 aromatic rings. The van der Waals surface area contributed by atoms with Gasteiger partial charge in [0.1, 0.15) is 35.8 Å². The van der Waals surface area contributed by atoms with Gasteiger partial charge < -0.3 is 14.6 Å². The summed E-state index contributed by atoms with van der Waals surface area (Å²) in [6.45, 7) is 4.60. The molecule has 2 aliphatic heterocycles. The van der Waals surface area contributed by atoms with Crippen LogP contribution in [0.15, 0.2) is 60.7 Å². The minimum atomic E-state index is -0.487. The first-order valence-corrected chi connectivity index (χ1v) is 12.0. The Morgan fingerprint density at radius 1 is 1.09 bits per heavy atom. The van der Waals surface area contributed by atoms with Gasteiger partial charge in [0, 0.05) is 42.8 Å². The van der Waals surface area contributed by atoms with Crippen molar-refractivity contribution in [1.82, 2.24) is 4.90 Å². The Bertz CT molecular complexity index is 1260. The van der Waals surface area contributed by atoms with E-state index in [0.717, 1.165) is 53.2 Å². The van der Waals surface area contributed by atoms with Crippen LogP contribution in [0, 0.1) is 11.7 Å². The first-order chi connectivity index (χ1) is 16.9. The lowest BCUT2D eigenvalue weighted by atomic mass is 9.86. The van der Waals surface area contributed by atoms with Gasteiger partial charge in [0.15, 0.2) is 0 Å². The second kappa shape index (κ2) is 9.88. The van der Waals surface area contributed by atoms with Gasteiger partial charge in [-0.15, -0.1) is 0 Å². The van der Waals surface area contributed by atoms with Gasteiger partial charge in [0.25, 0.3) is 0 Å². The minimum Gasteiger partial charge on any atom is -0.508 e. The molecule has 1 N–H and O–H groups in total. The fraction of sp³-hybridized carbons (Fsp3) is 0.286. The van der Waals surface area contributed by atoms with Crippen LogP contribution in [-0.4, -0.2) is 42.9 Å². The fourth-order valence-electron chi connectivity index (χ4n) is 4.70. The van der Waals surface area contributed by atoms with Crippen molar-refractivity contribution >= 4 is 22.7 Å². The number of phenolic OH excluding ortho intramolecular Hbond substituents is 1. The molecule has 1 saturated heterocycles. The number of rotatable bonds is 7. The topological polar surface area (TPSA) is 41.9 Å². The number of hydrogen-bond donors (Lipinski definition) is 1. The highest BCUT2D eigenvalue weighted by Crippen LogP contribution is 2.47. The van der Waals surface area contributed by atoms with E-state index in [0.29, 0.717) is 12.4 Å². The maximum absolute atomic E-state index is 13.9. The van der Waals surface area contributed by atoms with E-state index in [1.807, 2.05) is 37.3 Å². The summed E-state index contributed by atoms with van der Waals surface area (Å²) in [5.74, 6) is 1.11. The van der Waals surface area contributed by atoms with Crippen molar-refractivity contribution in [3.05, 3.63) is 88.2 Å². The van der Waals surface area contributed by atoms with Crippen molar-refractivity contribution in [3.8, 4) is 17.2 Å². The number of benzene rings is 3. The van der Waals surface area contributed by atoms with Crippen molar-refractivity contribution in [2.75, 3.05) is 32.9 Å². The second-order valence-corrected chi connectivity index (χ2v) is 9.45. The monoisotopic (exact) mass is 497 g/mol. The number of phenols is 1. The molecule has 3 aromatic carbocycles. The average Bonchev–Trinajstić information content (AvgIpc) is 2.82. The van der Waals surface area contributed by atoms with Crippen LogP contribution >= 0.6 is 11.6 Å². The summed E-state index contributed by atoms with van der Waals surface area (Å²) in [5, 5.41) is 10.0. The van der Waals surface area contributed by atoms with Crippen molar-refractivity contribution in [1.29, 1.82) is 0 Å². The third kappa shape index (κ3) is 4.86. The summed E-state index contributed by atoms with van der Waals surface area (Å²) >= 11 is 6.11. The molecule has 4 nitrogen and oxygen atoms in total. The molecule has 0 bridgehead atoms. The van der Waals surface area contributed by atoms with Gasteiger partial charge >= 0.3 is 0 Å². The summed E-state index contributed by atoms with van der Waals surface area (Å²) in [4.78, 5) is 2.18. The highest BCUT2D eigenvalue weighted by molar-refractivity contribution is 6.31. The molecule has 2 aliphatic rings. The summed E-state index contributed by atoms with van der Waals surface area (Å²) in [6, 6.07) is 17.3. The molecule has 0 radical (unpaired) electrons. The zero-order valence-corrected chi connectivity index (χ0v) is 20.1. The Balaban J connectivity index is 1.40. The standard InChI is InChI=1S/C28H26ClF2NO3/c1-17-23-8-5-21(33)13-26(23)35-28(27(17)20-4-9-25(31)24(29)12-20)19-2-6-22(7-3-19)34-11-10-32-15-18(14-30)16-32/h2-9,12-13,18,28,33H,10-11,14-16H2,1H3/t28-/m1/s1. The minimum absolute atomic E-state index is 0.0434. The van der Waals surface area contributed by atoms with Gasteiger partial charge in [-0.1, -0.05) is 29.8 Å². The molecule has 0 unspecified atom stereocenters. The molecule has 0 aromatic heterocycles. The van der Waals surface area contributed by atoms with Crippen molar-refractivity contribution in [2.45, 2.75) is 13.0 Å². The Kier molecular flexibility index (Phi) is 6.67. The van der Waals surface area contributed by atoms with E-state index in [1.165, 1.54) is 6.07 Å². The zero-order valence-electron chi connectivity index (χ0n) is 19.3. The van der Waals surface area contributed by atoms with Crippen molar-refractivity contribution < 1.29 is 23.4 Å². The van der Waals surface area contributed by atoms with Crippen LogP contribution in [0.2, 0.25) is 5.02 Å². The number of hydrogen-bond acceptors (Lipinski definition) is 4. The number of allylic oxidation sites excluding steroid dienone is 1. The van der Waals surface area contributed by atoms with Crippen molar-refractivity contribution in [3.63, 3.8) is 0 Å². The molecule has 1 atom stereocenters. The lowest BCUT2D eigenvalue weighted by Crippen LogP contribution is -2.49. The van der Waals surface area contributed by atoms with Gasteiger partial charge in [-0.2, -0.15) is 0 Å². The molecular weight excluding hydrogens is 472 g/mol. The first-order valence-electron chi connectivity index (χ1n) is 11.6. The Labute approximate surface area is 208 Å². The van der Waals surface area contributed by atoms with Gasteiger partial charge in [0.05, 0.1) is 11.7 Å². The number of alkyl halides is 1. The van der Waals surface area contributed by atoms with Crippen LogP contribution in [0.3, 0.4) is 0 Å². The molecular formula is C28H26ClF2NO3. The van der Waals surface area contributed by atoms with Crippen LogP contribution in [0.4, 0.5) is 8.78 Å². The normalized spacial score (nSPS) is 18.1. The molecule has 35 heavy (non-hydrogen) atoms. The van der Waals surface area contributed by atoms with E-state index < -0.39 is 11.9 Å². The second-order valence-electron chi connectivity index (χ2n) is 9.04. The number of ether oxygens (including phenoxy) is 2. The summed E-state index contributed by atoms with van der Waals surface area (Å²) < 4.78 is 38.7. The smallest absolute Gasteiger partial charge is 0.150 e. The van der Waals surface area contributed by atoms with Crippen molar-refractivity contribution in [2.24, 2.45) is 5.92 Å². The third-order valence-electron chi connectivity index (χ3n) is 6.62. The van der Waals surface area contributed by atoms with Crippen LogP contribution in [0.25, 0.3) is 11.1 Å². The SMILES string of the molecule is CC1=C(c2ccc(F)c(Cl)c2)[C@@H](c2ccc(OCCN3CC(CF)C3)cc2)Oc2cc(O)ccc21. The number of likely N-dealkylation sites (tertiary alicyclic amines) is 1. The van der Waals surface area contributed by atoms with E-state index in [1.54, 1.807) is 24.3 Å². The van der Waals surface area contributed by atoms with E-state index in [9.17, 15) is 13.9 Å². The molecule has 0 aliphatic carbocycles. The predicted molar refractivity (Wildman–Crippen MR) is 133 cm³/mol. The van der Waals surface area contributed by atoms with Crippen LogP contribution in [-0.2, 0) is 0 Å². The Hall–Kier alpha value is -3.09. The molecule has 0 spiro atoms. The summed E-state index contributed by atoms with van der Waals surface area (Å²) in [6.07, 6.45) is -0.487. The lowest BCUT2D eigenvalue weighted by Gasteiger charge is -2.37. The van der Waals surface area contributed by atoms with E-state index in [4.69, 9.17) is 21.1 Å². The predicted octanol–water partition coefficient (Wildman–Crippen LogP) is 6.53. The van der Waals surface area contributed by atoms with Gasteiger partial charge in [-0.25, -0.2) is 4.39 Å². The Morgan fingerprint density at radius 2 is 1.86 bits per heavy atom. The Morgan fingerprint density at radius 3 is 2.57 bits per heavy atom. The van der Waals surface area contributed by atoms with Gasteiger partial charge in [0.2, 0.25) is 0 Å². The molecule has 7 heteroatoms. The van der Waals surface area contributed by atoms with E-state index in [-0.39, 0.29) is 23.4 Å². The van der Waals surface area contributed by atoms with E-state index in [2.05, 4.69) is 4.90 Å². The van der Waals surface area contributed by atoms with Gasteiger partial charge in [-0.05, 0) is 60.0 Å². The fourth-order valence-corrected chi connectivity index (χ4v) is 4.88. The molecule has 0 amide bonds. The lowest BCUT2D eigenvalue weighted by molar-refractivity contribution is 0.0668. The quantitative estimate of drug-likeness (QED) is 0.403. The van der Waals surface area contributed by atoms with Crippen LogP contribution < -0.4 is 9.47 Å². The van der Waals surface area contributed by atoms with Crippen LogP contribution in [0.1, 0.15) is 29.7 Å².